The van der Waals surface area contributed by atoms with Gasteiger partial charge in [-0.2, -0.15) is 0 Å². The van der Waals surface area contributed by atoms with Crippen LogP contribution in [-0.4, -0.2) is 55.0 Å². The molecule has 0 fully saturated rings. The summed E-state index contributed by atoms with van der Waals surface area (Å²) in [6.45, 7) is 6.63. The maximum atomic E-state index is 14.1. The van der Waals surface area contributed by atoms with Crippen LogP contribution in [0.3, 0.4) is 0 Å². The zero-order chi connectivity index (χ0) is 29.7. The molecule has 1 atom stereocenters. The normalized spacial score (nSPS) is 11.9. The fourth-order valence-electron chi connectivity index (χ4n) is 4.60. The van der Waals surface area contributed by atoms with E-state index in [2.05, 4.69) is 35.1 Å². The van der Waals surface area contributed by atoms with Crippen LogP contribution < -0.4 is 20.3 Å². The van der Waals surface area contributed by atoms with E-state index in [1.54, 1.807) is 56.6 Å². The Labute approximate surface area is 248 Å². The lowest BCUT2D eigenvalue weighted by Gasteiger charge is -2.31. The third-order valence-corrected chi connectivity index (χ3v) is 7.76. The Balaban J connectivity index is 1.86. The number of rotatable bonds is 10. The highest BCUT2D eigenvalue weighted by atomic mass is 79.9. The third-order valence-electron chi connectivity index (χ3n) is 6.96. The van der Waals surface area contributed by atoms with Crippen LogP contribution in [0.15, 0.2) is 69.9 Å². The Kier molecular flexibility index (Phi) is 9.67. The van der Waals surface area contributed by atoms with Gasteiger partial charge in [0.15, 0.2) is 0 Å². The van der Waals surface area contributed by atoms with E-state index in [1.807, 2.05) is 37.3 Å². The van der Waals surface area contributed by atoms with Gasteiger partial charge in [0.1, 0.15) is 17.3 Å². The summed E-state index contributed by atoms with van der Waals surface area (Å²) in [5.41, 5.74) is 2.56. The number of anilines is 1. The summed E-state index contributed by atoms with van der Waals surface area (Å²) < 4.78 is 18.4. The summed E-state index contributed by atoms with van der Waals surface area (Å²) in [7, 11) is 4.66. The summed E-state index contributed by atoms with van der Waals surface area (Å²) in [5.74, 6) is 1.73. The number of carbonyl (C=O) groups is 1. The molecule has 0 saturated heterocycles. The number of urea groups is 1. The smallest absolute Gasteiger partial charge is 0.322 e. The minimum Gasteiger partial charge on any atom is -0.497 e. The molecule has 41 heavy (non-hydrogen) atoms. The van der Waals surface area contributed by atoms with Gasteiger partial charge in [0, 0.05) is 31.5 Å². The van der Waals surface area contributed by atoms with Crippen LogP contribution in [0, 0.1) is 0 Å². The van der Waals surface area contributed by atoms with Crippen LogP contribution >= 0.6 is 15.9 Å². The molecule has 10 heteroatoms. The van der Waals surface area contributed by atoms with E-state index in [0.29, 0.717) is 56.6 Å². The van der Waals surface area contributed by atoms with Gasteiger partial charge in [0.25, 0.3) is 5.56 Å². The Morgan fingerprint density at radius 2 is 1.73 bits per heavy atom. The lowest BCUT2D eigenvalue weighted by Crippen LogP contribution is -2.41. The number of carbonyl (C=O) groups excluding carboxylic acids is 1. The Bertz CT molecular complexity index is 1590. The van der Waals surface area contributed by atoms with E-state index in [-0.39, 0.29) is 18.1 Å². The van der Waals surface area contributed by atoms with Crippen molar-refractivity contribution in [3.8, 4) is 17.2 Å². The minimum absolute atomic E-state index is 0.263. The number of halogens is 1. The molecular weight excluding hydrogens is 588 g/mol. The summed E-state index contributed by atoms with van der Waals surface area (Å²) in [6, 6.07) is 17.4. The van der Waals surface area contributed by atoms with Crippen molar-refractivity contribution in [3.63, 3.8) is 0 Å². The Morgan fingerprint density at radius 1 is 1.02 bits per heavy atom. The van der Waals surface area contributed by atoms with Crippen LogP contribution in [-0.2, 0) is 4.74 Å². The van der Waals surface area contributed by atoms with Gasteiger partial charge in [-0.1, -0.05) is 38.1 Å². The second-order valence-electron chi connectivity index (χ2n) is 9.86. The molecule has 0 aliphatic carbocycles. The van der Waals surface area contributed by atoms with Crippen molar-refractivity contribution in [2.24, 2.45) is 0 Å². The molecule has 0 aliphatic heterocycles. The van der Waals surface area contributed by atoms with Crippen molar-refractivity contribution in [2.45, 2.75) is 32.7 Å². The third kappa shape index (κ3) is 6.39. The van der Waals surface area contributed by atoms with E-state index >= 15 is 0 Å². The molecule has 3 aromatic carbocycles. The summed E-state index contributed by atoms with van der Waals surface area (Å²) >= 11 is 3.61. The van der Waals surface area contributed by atoms with Crippen molar-refractivity contribution >= 4 is 38.6 Å². The highest BCUT2D eigenvalue weighted by molar-refractivity contribution is 9.10. The van der Waals surface area contributed by atoms with E-state index in [9.17, 15) is 9.59 Å². The molecule has 0 spiro atoms. The maximum absolute atomic E-state index is 14.1. The molecule has 1 N–H and O–H groups in total. The number of fused-ring (bicyclic) bond motifs is 1. The number of methoxy groups -OCH3 is 3. The highest BCUT2D eigenvalue weighted by Gasteiger charge is 2.28. The van der Waals surface area contributed by atoms with Crippen LogP contribution in [0.4, 0.5) is 10.5 Å². The van der Waals surface area contributed by atoms with Crippen LogP contribution in [0.5, 0.6) is 11.5 Å². The van der Waals surface area contributed by atoms with Crippen LogP contribution in [0.25, 0.3) is 16.6 Å². The number of hydrogen-bond donors (Lipinski definition) is 1. The van der Waals surface area contributed by atoms with Gasteiger partial charge in [-0.15, -0.1) is 0 Å². The van der Waals surface area contributed by atoms with Crippen LogP contribution in [0.2, 0.25) is 0 Å². The molecule has 1 aromatic heterocycles. The zero-order valence-electron chi connectivity index (χ0n) is 24.1. The van der Waals surface area contributed by atoms with Crippen molar-refractivity contribution in [3.05, 3.63) is 86.9 Å². The number of nitrogens with zero attached hydrogens (tertiary/aromatic N) is 3. The monoisotopic (exact) mass is 622 g/mol. The molecule has 9 nitrogen and oxygen atoms in total. The summed E-state index contributed by atoms with van der Waals surface area (Å²) in [5, 5.41) is 3.43. The first-order valence-electron chi connectivity index (χ1n) is 13.3. The molecule has 216 valence electrons. The fraction of sp³-hybridized carbons (Fsp3) is 0.323. The minimum atomic E-state index is -0.638. The average molecular weight is 624 g/mol. The van der Waals surface area contributed by atoms with Gasteiger partial charge in [-0.3, -0.25) is 9.36 Å². The summed E-state index contributed by atoms with van der Waals surface area (Å²) in [6.07, 6.45) is 0. The number of hydrogen-bond acceptors (Lipinski definition) is 6. The van der Waals surface area contributed by atoms with Gasteiger partial charge in [-0.05, 0) is 58.6 Å². The molecule has 0 radical (unpaired) electrons. The molecule has 1 unspecified atom stereocenters. The topological polar surface area (TPSA) is 94.9 Å². The van der Waals surface area contributed by atoms with Crippen molar-refractivity contribution < 1.29 is 19.0 Å². The molecule has 4 rings (SSSR count). The van der Waals surface area contributed by atoms with Crippen molar-refractivity contribution in [1.82, 2.24) is 14.5 Å². The average Bonchev–Trinajstić information content (AvgIpc) is 2.97. The Hall–Kier alpha value is -3.89. The van der Waals surface area contributed by atoms with Gasteiger partial charge in [-0.25, -0.2) is 9.78 Å². The standard InChI is InChI=1S/C31H35BrN4O5/c1-19(2)21-11-13-22(14-12-21)33-31(38)35(15-16-39-4)20(3)29-34-25-10-8-7-9-24(25)30(37)36(29)26-17-23(40-5)18-27(41-6)28(26)32/h7-14,17-20H,15-16H2,1-6H3,(H,33,38). The second-order valence-corrected chi connectivity index (χ2v) is 10.7. The zero-order valence-corrected chi connectivity index (χ0v) is 25.7. The highest BCUT2D eigenvalue weighted by Crippen LogP contribution is 2.37. The molecule has 2 amide bonds. The van der Waals surface area contributed by atoms with Gasteiger partial charge in [0.2, 0.25) is 0 Å². The fourth-order valence-corrected chi connectivity index (χ4v) is 5.17. The maximum Gasteiger partial charge on any atom is 0.322 e. The molecule has 1 heterocycles. The predicted octanol–water partition coefficient (Wildman–Crippen LogP) is 6.53. The molecule has 0 saturated carbocycles. The van der Waals surface area contributed by atoms with E-state index in [0.717, 1.165) is 0 Å². The number of amides is 2. The van der Waals surface area contributed by atoms with Gasteiger partial charge >= 0.3 is 6.03 Å². The van der Waals surface area contributed by atoms with Gasteiger partial charge in [0.05, 0.1) is 47.9 Å². The van der Waals surface area contributed by atoms with E-state index in [4.69, 9.17) is 19.2 Å². The first-order valence-corrected chi connectivity index (χ1v) is 14.1. The van der Waals surface area contributed by atoms with E-state index < -0.39 is 6.04 Å². The number of benzene rings is 3. The Morgan fingerprint density at radius 3 is 2.37 bits per heavy atom. The van der Waals surface area contributed by atoms with Crippen molar-refractivity contribution in [1.29, 1.82) is 0 Å². The summed E-state index contributed by atoms with van der Waals surface area (Å²) in [4.78, 5) is 34.3. The largest absolute Gasteiger partial charge is 0.497 e. The predicted molar refractivity (Wildman–Crippen MR) is 165 cm³/mol. The first-order chi connectivity index (χ1) is 19.7. The lowest BCUT2D eigenvalue weighted by atomic mass is 10.0. The lowest BCUT2D eigenvalue weighted by molar-refractivity contribution is 0.137. The van der Waals surface area contributed by atoms with E-state index in [1.165, 1.54) is 10.1 Å². The molecular formula is C31H35BrN4O5. The number of ether oxygens (including phenoxy) is 3. The van der Waals surface area contributed by atoms with Crippen LogP contribution in [0.1, 0.15) is 44.1 Å². The number of para-hydroxylation sites is 1. The second kappa shape index (κ2) is 13.2. The van der Waals surface area contributed by atoms with Gasteiger partial charge < -0.3 is 24.4 Å². The SMILES string of the molecule is COCCN(C(=O)Nc1ccc(C(C)C)cc1)C(C)c1nc2ccccc2c(=O)n1-c1cc(OC)cc(OC)c1Br. The molecule has 0 aliphatic rings. The molecule has 0 bridgehead atoms. The number of nitrogens with one attached hydrogen (secondary N) is 1. The first kappa shape index (κ1) is 30.1. The van der Waals surface area contributed by atoms with Crippen molar-refractivity contribution in [2.75, 3.05) is 39.8 Å². The molecule has 4 aromatic rings. The quantitative estimate of drug-likeness (QED) is 0.216. The number of aromatic nitrogens is 2.